The number of esters is 2. The van der Waals surface area contributed by atoms with Crippen molar-refractivity contribution in [2.24, 2.45) is 0 Å². The van der Waals surface area contributed by atoms with Crippen molar-refractivity contribution in [3.63, 3.8) is 0 Å². The van der Waals surface area contributed by atoms with Crippen LogP contribution < -0.4 is 0 Å². The Balaban J connectivity index is 2.05. The minimum Gasteiger partial charge on any atom is -0.460 e. The number of aliphatic hydroxyl groups is 3. The Bertz CT molecular complexity index is 566. The first-order chi connectivity index (χ1) is 11.5. The van der Waals surface area contributed by atoms with Gasteiger partial charge in [0.25, 0.3) is 0 Å². The van der Waals surface area contributed by atoms with E-state index in [0.717, 1.165) is 12.1 Å². The van der Waals surface area contributed by atoms with Gasteiger partial charge in [0.2, 0.25) is 5.60 Å². The molecule has 0 aliphatic carbocycles. The molecule has 0 bridgehead atoms. The summed E-state index contributed by atoms with van der Waals surface area (Å²) in [4.78, 5) is 25.7. The molecule has 0 saturated carbocycles. The van der Waals surface area contributed by atoms with Crippen molar-refractivity contribution in [2.45, 2.75) is 63.6 Å². The lowest BCUT2D eigenvalue weighted by atomic mass is 9.81. The van der Waals surface area contributed by atoms with Crippen LogP contribution in [0.25, 0.3) is 0 Å². The van der Waals surface area contributed by atoms with Gasteiger partial charge in [-0.05, 0) is 32.8 Å². The Morgan fingerprint density at radius 1 is 1.40 bits per heavy atom. The molecule has 2 aliphatic heterocycles. The molecule has 2 heterocycles. The van der Waals surface area contributed by atoms with Crippen molar-refractivity contribution in [3.8, 4) is 0 Å². The van der Waals surface area contributed by atoms with Crippen molar-refractivity contribution >= 4 is 11.9 Å². The lowest BCUT2D eigenvalue weighted by Gasteiger charge is -2.38. The van der Waals surface area contributed by atoms with Crippen LogP contribution in [-0.2, 0) is 19.1 Å². The summed E-state index contributed by atoms with van der Waals surface area (Å²) >= 11 is 0. The quantitative estimate of drug-likeness (QED) is 0.424. The van der Waals surface area contributed by atoms with Crippen molar-refractivity contribution in [1.29, 1.82) is 0 Å². The molecule has 4 atom stereocenters. The maximum Gasteiger partial charge on any atom is 0.344 e. The number of hydrogen-bond donors (Lipinski definition) is 3. The van der Waals surface area contributed by atoms with Gasteiger partial charge in [-0.25, -0.2) is 4.79 Å². The van der Waals surface area contributed by atoms with Gasteiger partial charge in [0.1, 0.15) is 18.3 Å². The van der Waals surface area contributed by atoms with E-state index in [1.807, 2.05) is 6.08 Å². The van der Waals surface area contributed by atoms with Crippen LogP contribution in [0.15, 0.2) is 11.6 Å². The smallest absolute Gasteiger partial charge is 0.344 e. The number of hydrogen-bond acceptors (Lipinski definition) is 8. The number of rotatable bonds is 6. The summed E-state index contributed by atoms with van der Waals surface area (Å²) in [5.41, 5.74) is -3.56. The van der Waals surface area contributed by atoms with Gasteiger partial charge in [0, 0.05) is 20.0 Å². The van der Waals surface area contributed by atoms with Crippen LogP contribution in [0.1, 0.15) is 34.1 Å². The maximum absolute atomic E-state index is 12.3. The molecule has 0 spiro atoms. The molecule has 25 heavy (non-hydrogen) atoms. The molecule has 8 nitrogen and oxygen atoms in total. The second kappa shape index (κ2) is 7.03. The highest BCUT2D eigenvalue weighted by Crippen LogP contribution is 2.32. The zero-order chi connectivity index (χ0) is 19.0. The molecule has 2 rings (SSSR count). The predicted octanol–water partition coefficient (Wildman–Crippen LogP) is -0.642. The Morgan fingerprint density at radius 2 is 2.04 bits per heavy atom. The molecule has 0 aromatic carbocycles. The zero-order valence-electron chi connectivity index (χ0n) is 15.1. The minimum absolute atomic E-state index is 0.108. The highest BCUT2D eigenvalue weighted by atomic mass is 16.6. The van der Waals surface area contributed by atoms with Crippen LogP contribution in [0.4, 0.5) is 0 Å². The number of nitrogens with zero attached hydrogens (tertiary/aromatic N) is 1. The van der Waals surface area contributed by atoms with Gasteiger partial charge in [-0.2, -0.15) is 0 Å². The summed E-state index contributed by atoms with van der Waals surface area (Å²) in [6, 6.07) is -0.154. The van der Waals surface area contributed by atoms with Gasteiger partial charge < -0.3 is 24.8 Å². The topological polar surface area (TPSA) is 117 Å². The summed E-state index contributed by atoms with van der Waals surface area (Å²) in [6.07, 6.45) is 0.792. The van der Waals surface area contributed by atoms with E-state index in [2.05, 4.69) is 4.90 Å². The van der Waals surface area contributed by atoms with Crippen molar-refractivity contribution in [2.75, 3.05) is 19.7 Å². The molecule has 142 valence electrons. The number of carbonyl (C=O) groups excluding carboxylic acids is 2. The van der Waals surface area contributed by atoms with Crippen molar-refractivity contribution < 1.29 is 34.4 Å². The van der Waals surface area contributed by atoms with Gasteiger partial charge in [0.05, 0.1) is 12.1 Å². The number of ether oxygens (including phenoxy) is 2. The molecule has 1 saturated heterocycles. The predicted molar refractivity (Wildman–Crippen MR) is 87.5 cm³/mol. The Hall–Kier alpha value is -1.48. The van der Waals surface area contributed by atoms with Crippen LogP contribution in [0.5, 0.6) is 0 Å². The van der Waals surface area contributed by atoms with Crippen LogP contribution in [0.2, 0.25) is 0 Å². The van der Waals surface area contributed by atoms with Crippen molar-refractivity contribution in [1.82, 2.24) is 4.90 Å². The highest BCUT2D eigenvalue weighted by molar-refractivity contribution is 5.82. The van der Waals surface area contributed by atoms with Gasteiger partial charge in [-0.15, -0.1) is 0 Å². The van der Waals surface area contributed by atoms with Crippen LogP contribution in [0.3, 0.4) is 0 Å². The average molecular weight is 357 g/mol. The molecule has 0 amide bonds. The Kier molecular flexibility index (Phi) is 5.58. The Labute approximate surface area is 147 Å². The summed E-state index contributed by atoms with van der Waals surface area (Å²) in [5.74, 6) is -1.46. The third-order valence-corrected chi connectivity index (χ3v) is 4.95. The molecule has 2 aliphatic rings. The molecule has 0 aromatic heterocycles. The minimum atomic E-state index is -2.45. The molecular formula is C17H27NO7. The van der Waals surface area contributed by atoms with Gasteiger partial charge in [-0.1, -0.05) is 6.08 Å². The molecule has 8 heteroatoms. The number of carbonyl (C=O) groups is 2. The molecule has 0 aromatic rings. The van der Waals surface area contributed by atoms with Crippen molar-refractivity contribution in [3.05, 3.63) is 11.6 Å². The fourth-order valence-electron chi connectivity index (χ4n) is 3.53. The SMILES string of the molecule is CC(=O)O[C@@H]1CCN2CC=C(COC(=O)[C@@](O)([C@H](C)O)C(C)(C)O)C12. The molecule has 1 unspecified atom stereocenters. The zero-order valence-corrected chi connectivity index (χ0v) is 15.1. The summed E-state index contributed by atoms with van der Waals surface area (Å²) in [5, 5.41) is 30.3. The largest absolute Gasteiger partial charge is 0.460 e. The Morgan fingerprint density at radius 3 is 2.56 bits per heavy atom. The average Bonchev–Trinajstić information content (AvgIpc) is 3.05. The first-order valence-electron chi connectivity index (χ1n) is 8.38. The first kappa shape index (κ1) is 19.8. The number of fused-ring (bicyclic) bond motifs is 1. The van der Waals surface area contributed by atoms with E-state index in [0.29, 0.717) is 13.0 Å². The van der Waals surface area contributed by atoms with E-state index in [9.17, 15) is 24.9 Å². The van der Waals surface area contributed by atoms with Crippen LogP contribution in [0, 0.1) is 0 Å². The first-order valence-corrected chi connectivity index (χ1v) is 8.38. The standard InChI is InChI=1S/C17H27NO7/c1-10(19)17(23,16(3,4)22)15(21)24-9-12-5-7-18-8-6-13(14(12)18)25-11(2)20/h5,10,13-14,19,22-23H,6-9H2,1-4H3/t10-,13+,14?,17-/m0/s1. The molecular weight excluding hydrogens is 330 g/mol. The summed E-state index contributed by atoms with van der Waals surface area (Å²) in [6.45, 7) is 6.36. The van der Waals surface area contributed by atoms with E-state index in [1.165, 1.54) is 27.7 Å². The normalized spacial score (nSPS) is 27.2. The highest BCUT2D eigenvalue weighted by Gasteiger charge is 2.54. The second-order valence-electron chi connectivity index (χ2n) is 7.23. The molecule has 3 N–H and O–H groups in total. The summed E-state index contributed by atoms with van der Waals surface area (Å²) < 4.78 is 10.5. The third kappa shape index (κ3) is 3.72. The van der Waals surface area contributed by atoms with Gasteiger partial charge in [-0.3, -0.25) is 9.69 Å². The summed E-state index contributed by atoms with van der Waals surface area (Å²) in [7, 11) is 0. The van der Waals surface area contributed by atoms with E-state index in [4.69, 9.17) is 9.47 Å². The monoisotopic (exact) mass is 357 g/mol. The fourth-order valence-corrected chi connectivity index (χ4v) is 3.53. The molecule has 1 fully saturated rings. The third-order valence-electron chi connectivity index (χ3n) is 4.95. The second-order valence-corrected chi connectivity index (χ2v) is 7.23. The van der Waals surface area contributed by atoms with E-state index >= 15 is 0 Å². The van der Waals surface area contributed by atoms with Crippen LogP contribution >= 0.6 is 0 Å². The van der Waals surface area contributed by atoms with Crippen LogP contribution in [-0.4, -0.2) is 81.3 Å². The van der Waals surface area contributed by atoms with Gasteiger partial charge >= 0.3 is 11.9 Å². The maximum atomic E-state index is 12.3. The number of aliphatic hydroxyl groups excluding tert-OH is 1. The van der Waals surface area contributed by atoms with E-state index in [1.54, 1.807) is 0 Å². The van der Waals surface area contributed by atoms with Gasteiger partial charge in [0.15, 0.2) is 0 Å². The lowest BCUT2D eigenvalue weighted by Crippen LogP contribution is -2.63. The lowest BCUT2D eigenvalue weighted by molar-refractivity contribution is -0.213. The van der Waals surface area contributed by atoms with E-state index in [-0.39, 0.29) is 24.7 Å². The molecule has 0 radical (unpaired) electrons. The van der Waals surface area contributed by atoms with E-state index < -0.39 is 23.3 Å². The fraction of sp³-hybridized carbons (Fsp3) is 0.765.